The van der Waals surface area contributed by atoms with Crippen LogP contribution in [0.25, 0.3) is 11.3 Å². The normalized spacial score (nSPS) is 13.6. The van der Waals surface area contributed by atoms with E-state index in [-0.39, 0.29) is 0 Å². The molecule has 0 saturated carbocycles. The van der Waals surface area contributed by atoms with E-state index in [9.17, 15) is 0 Å². The van der Waals surface area contributed by atoms with Crippen molar-refractivity contribution in [1.82, 2.24) is 20.2 Å². The number of aromatic nitrogens is 4. The lowest BCUT2D eigenvalue weighted by molar-refractivity contribution is 0.896. The summed E-state index contributed by atoms with van der Waals surface area (Å²) in [5.41, 5.74) is 2.88. The quantitative estimate of drug-likeness (QED) is 0.747. The topological polar surface area (TPSA) is 70.1 Å². The molecule has 0 radical (unpaired) electrons. The van der Waals surface area contributed by atoms with Crippen molar-refractivity contribution in [3.05, 3.63) is 48.8 Å². The van der Waals surface area contributed by atoms with Crippen molar-refractivity contribution in [2.24, 2.45) is 0 Å². The Bertz CT molecular complexity index is 885. The van der Waals surface area contributed by atoms with Crippen LogP contribution in [0.5, 0.6) is 0 Å². The number of hydrogen-bond donors (Lipinski definition) is 1. The largest absolute Gasteiger partial charge is 0.363 e. The molecule has 3 aromatic rings. The maximum Gasteiger partial charge on any atom is 0.151 e. The molecule has 1 fully saturated rings. The summed E-state index contributed by atoms with van der Waals surface area (Å²) in [6.45, 7) is 2.15. The van der Waals surface area contributed by atoms with E-state index in [1.165, 1.54) is 12.8 Å². The lowest BCUT2D eigenvalue weighted by Gasteiger charge is -2.15. The Kier molecular flexibility index (Phi) is 4.82. The number of benzene rings is 1. The van der Waals surface area contributed by atoms with Gasteiger partial charge in [-0.05, 0) is 37.1 Å². The summed E-state index contributed by atoms with van der Waals surface area (Å²) in [7, 11) is 3.91. The maximum absolute atomic E-state index is 4.40. The second kappa shape index (κ2) is 7.57. The van der Waals surface area contributed by atoms with Gasteiger partial charge in [-0.2, -0.15) is 0 Å². The van der Waals surface area contributed by atoms with E-state index in [1.807, 2.05) is 55.4 Å². The average molecular weight is 361 g/mol. The van der Waals surface area contributed by atoms with E-state index < -0.39 is 0 Å². The zero-order chi connectivity index (χ0) is 18.6. The SMILES string of the molecule is CN(C)c1cc(Nc2ccc(-c3ccc(N4CCCC4)nn3)cc2)ncn1. The first kappa shape index (κ1) is 17.2. The predicted octanol–water partition coefficient (Wildman–Crippen LogP) is 3.34. The highest BCUT2D eigenvalue weighted by molar-refractivity contribution is 5.66. The molecule has 0 unspecified atom stereocenters. The zero-order valence-electron chi connectivity index (χ0n) is 15.6. The second-order valence-corrected chi connectivity index (χ2v) is 6.83. The van der Waals surface area contributed by atoms with E-state index in [2.05, 4.69) is 36.4 Å². The minimum absolute atomic E-state index is 0.760. The first-order chi connectivity index (χ1) is 13.2. The van der Waals surface area contributed by atoms with Gasteiger partial charge in [-0.25, -0.2) is 9.97 Å². The van der Waals surface area contributed by atoms with Gasteiger partial charge in [0, 0.05) is 44.5 Å². The van der Waals surface area contributed by atoms with E-state index in [1.54, 1.807) is 6.33 Å². The summed E-state index contributed by atoms with van der Waals surface area (Å²) in [6, 6.07) is 14.1. The van der Waals surface area contributed by atoms with Crippen LogP contribution in [0.2, 0.25) is 0 Å². The van der Waals surface area contributed by atoms with Gasteiger partial charge < -0.3 is 15.1 Å². The van der Waals surface area contributed by atoms with Crippen LogP contribution in [0.4, 0.5) is 23.1 Å². The fourth-order valence-electron chi connectivity index (χ4n) is 3.13. The van der Waals surface area contributed by atoms with Gasteiger partial charge in [0.1, 0.15) is 18.0 Å². The highest BCUT2D eigenvalue weighted by Gasteiger charge is 2.14. The summed E-state index contributed by atoms with van der Waals surface area (Å²) >= 11 is 0. The van der Waals surface area contributed by atoms with Gasteiger partial charge in [0.15, 0.2) is 5.82 Å². The standard InChI is InChI=1S/C20H23N7/c1-26(2)20-13-18(21-14-22-20)23-16-7-5-15(6-8-16)17-9-10-19(25-24-17)27-11-3-4-12-27/h5-10,13-14H,3-4,11-12H2,1-2H3,(H,21,22,23). The Balaban J connectivity index is 1.46. The molecule has 1 saturated heterocycles. The summed E-state index contributed by atoms with van der Waals surface area (Å²) in [5, 5.41) is 12.1. The Morgan fingerprint density at radius 1 is 0.926 bits per heavy atom. The molecule has 27 heavy (non-hydrogen) atoms. The first-order valence-corrected chi connectivity index (χ1v) is 9.14. The molecule has 0 aliphatic carbocycles. The number of anilines is 4. The van der Waals surface area contributed by atoms with E-state index in [4.69, 9.17) is 0 Å². The summed E-state index contributed by atoms with van der Waals surface area (Å²) in [5.74, 6) is 2.59. The molecule has 7 heteroatoms. The van der Waals surface area contributed by atoms with E-state index in [0.717, 1.165) is 47.5 Å². The van der Waals surface area contributed by atoms with Gasteiger partial charge in [-0.15, -0.1) is 10.2 Å². The molecule has 3 heterocycles. The highest BCUT2D eigenvalue weighted by atomic mass is 15.3. The number of nitrogens with one attached hydrogen (secondary N) is 1. The van der Waals surface area contributed by atoms with Crippen molar-refractivity contribution in [1.29, 1.82) is 0 Å². The van der Waals surface area contributed by atoms with Crippen molar-refractivity contribution < 1.29 is 0 Å². The molecule has 1 N–H and O–H groups in total. The minimum atomic E-state index is 0.760. The minimum Gasteiger partial charge on any atom is -0.363 e. The first-order valence-electron chi connectivity index (χ1n) is 9.14. The van der Waals surface area contributed by atoms with Crippen molar-refractivity contribution in [3.63, 3.8) is 0 Å². The van der Waals surface area contributed by atoms with Gasteiger partial charge in [-0.1, -0.05) is 12.1 Å². The molecule has 2 aromatic heterocycles. The van der Waals surface area contributed by atoms with Crippen LogP contribution in [-0.4, -0.2) is 47.4 Å². The van der Waals surface area contributed by atoms with Crippen LogP contribution in [0.15, 0.2) is 48.8 Å². The fraction of sp³-hybridized carbons (Fsp3) is 0.300. The average Bonchev–Trinajstić information content (AvgIpc) is 3.24. The molecule has 7 nitrogen and oxygen atoms in total. The zero-order valence-corrected chi connectivity index (χ0v) is 15.6. The molecule has 0 spiro atoms. The van der Waals surface area contributed by atoms with Gasteiger partial charge in [0.2, 0.25) is 0 Å². The van der Waals surface area contributed by atoms with Crippen LogP contribution in [0.3, 0.4) is 0 Å². The van der Waals surface area contributed by atoms with Gasteiger partial charge in [-0.3, -0.25) is 0 Å². The highest BCUT2D eigenvalue weighted by Crippen LogP contribution is 2.24. The number of nitrogens with zero attached hydrogens (tertiary/aromatic N) is 6. The Hall–Kier alpha value is -3.22. The number of hydrogen-bond acceptors (Lipinski definition) is 7. The van der Waals surface area contributed by atoms with Gasteiger partial charge in [0.25, 0.3) is 0 Å². The lowest BCUT2D eigenvalue weighted by Crippen LogP contribution is -2.19. The summed E-state index contributed by atoms with van der Waals surface area (Å²) < 4.78 is 0. The molecule has 0 bridgehead atoms. The second-order valence-electron chi connectivity index (χ2n) is 6.83. The van der Waals surface area contributed by atoms with Crippen molar-refractivity contribution in [3.8, 4) is 11.3 Å². The van der Waals surface area contributed by atoms with Gasteiger partial charge in [0.05, 0.1) is 5.69 Å². The third-order valence-electron chi connectivity index (χ3n) is 4.64. The van der Waals surface area contributed by atoms with Crippen LogP contribution >= 0.6 is 0 Å². The van der Waals surface area contributed by atoms with Crippen LogP contribution < -0.4 is 15.1 Å². The molecule has 1 aliphatic heterocycles. The molecule has 1 aromatic carbocycles. The Morgan fingerprint density at radius 2 is 1.70 bits per heavy atom. The summed E-state index contributed by atoms with van der Waals surface area (Å²) in [6.07, 6.45) is 4.03. The molecular formula is C20H23N7. The number of rotatable bonds is 5. The van der Waals surface area contributed by atoms with Crippen molar-refractivity contribution in [2.75, 3.05) is 42.3 Å². The molecule has 0 amide bonds. The van der Waals surface area contributed by atoms with Crippen LogP contribution in [0.1, 0.15) is 12.8 Å². The third kappa shape index (κ3) is 3.97. The van der Waals surface area contributed by atoms with Crippen molar-refractivity contribution in [2.45, 2.75) is 12.8 Å². The van der Waals surface area contributed by atoms with Crippen LogP contribution in [-0.2, 0) is 0 Å². The molecule has 4 rings (SSSR count). The maximum atomic E-state index is 4.40. The monoisotopic (exact) mass is 361 g/mol. The van der Waals surface area contributed by atoms with Gasteiger partial charge >= 0.3 is 0 Å². The predicted molar refractivity (Wildman–Crippen MR) is 109 cm³/mol. The molecule has 138 valence electrons. The third-order valence-corrected chi connectivity index (χ3v) is 4.64. The Labute approximate surface area is 159 Å². The Morgan fingerprint density at radius 3 is 2.37 bits per heavy atom. The lowest BCUT2D eigenvalue weighted by atomic mass is 10.1. The smallest absolute Gasteiger partial charge is 0.151 e. The fourth-order valence-corrected chi connectivity index (χ4v) is 3.13. The molecule has 1 aliphatic rings. The van der Waals surface area contributed by atoms with E-state index >= 15 is 0 Å². The van der Waals surface area contributed by atoms with E-state index in [0.29, 0.717) is 0 Å². The molecule has 0 atom stereocenters. The van der Waals surface area contributed by atoms with Crippen LogP contribution in [0, 0.1) is 0 Å². The molecular weight excluding hydrogens is 338 g/mol. The summed E-state index contributed by atoms with van der Waals surface area (Å²) in [4.78, 5) is 12.7. The van der Waals surface area contributed by atoms with Crippen molar-refractivity contribution >= 4 is 23.1 Å².